The number of carbonyl (C=O) groups excluding carboxylic acids is 1. The van der Waals surface area contributed by atoms with E-state index in [-0.39, 0.29) is 18.1 Å². The number of carbonyl (C=O) groups is 1. The Morgan fingerprint density at radius 3 is 2.83 bits per heavy atom. The third-order valence-electron chi connectivity index (χ3n) is 4.51. The molecule has 0 saturated carbocycles. The van der Waals surface area contributed by atoms with Crippen molar-refractivity contribution in [2.45, 2.75) is 13.5 Å². The van der Waals surface area contributed by atoms with E-state index in [4.69, 9.17) is 4.52 Å². The van der Waals surface area contributed by atoms with Crippen molar-refractivity contribution in [3.63, 3.8) is 0 Å². The van der Waals surface area contributed by atoms with Gasteiger partial charge < -0.3 is 9.42 Å². The van der Waals surface area contributed by atoms with E-state index in [1.807, 2.05) is 17.5 Å². The molecule has 0 aliphatic carbocycles. The summed E-state index contributed by atoms with van der Waals surface area (Å²) in [4.78, 5) is 30.7. The molecule has 0 spiro atoms. The smallest absolute Gasteiger partial charge is 0.269 e. The fraction of sp³-hybridized carbons (Fsp3) is 0.150. The van der Waals surface area contributed by atoms with Gasteiger partial charge in [0, 0.05) is 25.7 Å². The van der Waals surface area contributed by atoms with E-state index in [1.165, 1.54) is 28.4 Å². The van der Waals surface area contributed by atoms with Crippen LogP contribution in [-0.2, 0) is 6.54 Å². The Balaban J connectivity index is 1.71. The van der Waals surface area contributed by atoms with Crippen molar-refractivity contribution < 1.29 is 14.2 Å². The SMILES string of the molecule is Cc1noc2nc(-c3cccs3)cc(C(=O)N(C)Cc3cccc([N+](=O)[O-])c3)c12. The number of fused-ring (bicyclic) bond motifs is 1. The van der Waals surface area contributed by atoms with Crippen LogP contribution < -0.4 is 0 Å². The molecule has 1 aromatic carbocycles. The molecule has 0 fully saturated rings. The zero-order valence-corrected chi connectivity index (χ0v) is 16.5. The predicted molar refractivity (Wildman–Crippen MR) is 109 cm³/mol. The van der Waals surface area contributed by atoms with E-state index >= 15 is 0 Å². The maximum Gasteiger partial charge on any atom is 0.269 e. The standard InChI is InChI=1S/C20H16N4O4S/c1-12-18-15(10-16(17-7-4-8-29-17)21-19(18)28-22-12)20(25)23(2)11-13-5-3-6-14(9-13)24(26)27/h3-10H,11H2,1-2H3. The van der Waals surface area contributed by atoms with Crippen molar-refractivity contribution in [3.8, 4) is 10.6 Å². The molecule has 3 aromatic heterocycles. The highest BCUT2D eigenvalue weighted by atomic mass is 32.1. The van der Waals surface area contributed by atoms with Crippen molar-refractivity contribution in [2.24, 2.45) is 0 Å². The van der Waals surface area contributed by atoms with Gasteiger partial charge in [-0.05, 0) is 30.0 Å². The largest absolute Gasteiger partial charge is 0.337 e. The molecule has 0 aliphatic heterocycles. The third-order valence-corrected chi connectivity index (χ3v) is 5.40. The lowest BCUT2D eigenvalue weighted by atomic mass is 10.1. The number of rotatable bonds is 5. The molecule has 0 atom stereocenters. The lowest BCUT2D eigenvalue weighted by Gasteiger charge is -2.18. The van der Waals surface area contributed by atoms with Crippen LogP contribution in [0.4, 0.5) is 5.69 Å². The highest BCUT2D eigenvalue weighted by molar-refractivity contribution is 7.13. The number of thiophene rings is 1. The Hall–Kier alpha value is -3.59. The van der Waals surface area contributed by atoms with Crippen LogP contribution in [0, 0.1) is 17.0 Å². The maximum absolute atomic E-state index is 13.3. The number of nitro benzene ring substituents is 1. The van der Waals surface area contributed by atoms with Gasteiger partial charge in [0.15, 0.2) is 0 Å². The quantitative estimate of drug-likeness (QED) is 0.357. The number of hydrogen-bond donors (Lipinski definition) is 0. The molecule has 0 saturated heterocycles. The summed E-state index contributed by atoms with van der Waals surface area (Å²) in [5, 5.41) is 17.5. The second-order valence-electron chi connectivity index (χ2n) is 6.57. The number of hydrogen-bond acceptors (Lipinski definition) is 7. The minimum absolute atomic E-state index is 0.00971. The highest BCUT2D eigenvalue weighted by Gasteiger charge is 2.22. The van der Waals surface area contributed by atoms with E-state index in [0.717, 1.165) is 4.88 Å². The van der Waals surface area contributed by atoms with Crippen molar-refractivity contribution in [1.82, 2.24) is 15.0 Å². The van der Waals surface area contributed by atoms with Gasteiger partial charge in [0.05, 0.1) is 32.1 Å². The minimum Gasteiger partial charge on any atom is -0.337 e. The first-order valence-electron chi connectivity index (χ1n) is 8.73. The van der Waals surface area contributed by atoms with Crippen molar-refractivity contribution in [2.75, 3.05) is 7.05 Å². The number of nitrogens with zero attached hydrogens (tertiary/aromatic N) is 4. The predicted octanol–water partition coefficient (Wildman–Crippen LogP) is 4.44. The van der Waals surface area contributed by atoms with Gasteiger partial charge in [0.2, 0.25) is 0 Å². The number of non-ortho nitro benzene ring substituents is 1. The van der Waals surface area contributed by atoms with Crippen molar-refractivity contribution in [3.05, 3.63) is 74.8 Å². The van der Waals surface area contributed by atoms with Crippen molar-refractivity contribution in [1.29, 1.82) is 0 Å². The number of aromatic nitrogens is 2. The van der Waals surface area contributed by atoms with Crippen LogP contribution in [0.15, 0.2) is 52.4 Å². The molecule has 0 N–H and O–H groups in total. The Morgan fingerprint density at radius 1 is 1.28 bits per heavy atom. The van der Waals surface area contributed by atoms with Gasteiger partial charge >= 0.3 is 0 Å². The van der Waals surface area contributed by atoms with Gasteiger partial charge in [-0.3, -0.25) is 14.9 Å². The average Bonchev–Trinajstić information content (AvgIpc) is 3.37. The van der Waals surface area contributed by atoms with E-state index in [1.54, 1.807) is 32.2 Å². The van der Waals surface area contributed by atoms with Crippen LogP contribution in [0.2, 0.25) is 0 Å². The molecule has 0 unspecified atom stereocenters. The molecular weight excluding hydrogens is 392 g/mol. The van der Waals surface area contributed by atoms with Gasteiger partial charge in [0.25, 0.3) is 17.3 Å². The first kappa shape index (κ1) is 18.8. The summed E-state index contributed by atoms with van der Waals surface area (Å²) >= 11 is 1.51. The highest BCUT2D eigenvalue weighted by Crippen LogP contribution is 2.30. The number of benzene rings is 1. The summed E-state index contributed by atoms with van der Waals surface area (Å²) in [6, 6.07) is 11.8. The number of nitro groups is 1. The zero-order valence-electron chi connectivity index (χ0n) is 15.7. The topological polar surface area (TPSA) is 102 Å². The lowest BCUT2D eigenvalue weighted by molar-refractivity contribution is -0.384. The van der Waals surface area contributed by atoms with Crippen LogP contribution in [0.1, 0.15) is 21.6 Å². The third kappa shape index (κ3) is 3.59. The minimum atomic E-state index is -0.453. The Bertz CT molecular complexity index is 1220. The van der Waals surface area contributed by atoms with Gasteiger partial charge in [0.1, 0.15) is 0 Å². The molecule has 8 nitrogen and oxygen atoms in total. The van der Waals surface area contributed by atoms with Crippen LogP contribution in [0.25, 0.3) is 21.7 Å². The molecule has 4 aromatic rings. The molecule has 29 heavy (non-hydrogen) atoms. The number of pyridine rings is 1. The fourth-order valence-electron chi connectivity index (χ4n) is 3.13. The number of amides is 1. The molecule has 0 radical (unpaired) electrons. The van der Waals surface area contributed by atoms with Gasteiger partial charge in [-0.1, -0.05) is 23.4 Å². The first-order chi connectivity index (χ1) is 13.9. The van der Waals surface area contributed by atoms with E-state index < -0.39 is 4.92 Å². The molecular formula is C20H16N4O4S. The Morgan fingerprint density at radius 2 is 2.10 bits per heavy atom. The van der Waals surface area contributed by atoms with Gasteiger partial charge in [-0.2, -0.15) is 0 Å². The summed E-state index contributed by atoms with van der Waals surface area (Å²) < 4.78 is 5.32. The fourth-order valence-corrected chi connectivity index (χ4v) is 3.82. The summed E-state index contributed by atoms with van der Waals surface area (Å²) in [6.07, 6.45) is 0. The summed E-state index contributed by atoms with van der Waals surface area (Å²) in [6.45, 7) is 1.98. The van der Waals surface area contributed by atoms with E-state index in [9.17, 15) is 14.9 Å². The Kier molecular flexibility index (Phi) is 4.81. The van der Waals surface area contributed by atoms with Gasteiger partial charge in [-0.15, -0.1) is 11.3 Å². The zero-order chi connectivity index (χ0) is 20.5. The lowest BCUT2D eigenvalue weighted by Crippen LogP contribution is -2.26. The second-order valence-corrected chi connectivity index (χ2v) is 7.52. The van der Waals surface area contributed by atoms with Crippen LogP contribution >= 0.6 is 11.3 Å². The van der Waals surface area contributed by atoms with Crippen LogP contribution in [0.5, 0.6) is 0 Å². The van der Waals surface area contributed by atoms with E-state index in [2.05, 4.69) is 10.1 Å². The maximum atomic E-state index is 13.3. The molecule has 0 aliphatic rings. The van der Waals surface area contributed by atoms with Crippen molar-refractivity contribution >= 4 is 34.0 Å². The normalized spacial score (nSPS) is 11.0. The van der Waals surface area contributed by atoms with Crippen LogP contribution in [0.3, 0.4) is 0 Å². The molecule has 0 bridgehead atoms. The molecule has 9 heteroatoms. The average molecular weight is 408 g/mol. The Labute approximate surface area is 169 Å². The molecule has 3 heterocycles. The second kappa shape index (κ2) is 7.44. The molecule has 1 amide bonds. The van der Waals surface area contributed by atoms with Crippen LogP contribution in [-0.4, -0.2) is 32.9 Å². The number of aryl methyl sites for hydroxylation is 1. The molecule has 146 valence electrons. The summed E-state index contributed by atoms with van der Waals surface area (Å²) in [7, 11) is 1.65. The van der Waals surface area contributed by atoms with Gasteiger partial charge in [-0.25, -0.2) is 4.98 Å². The summed E-state index contributed by atoms with van der Waals surface area (Å²) in [5.41, 5.74) is 2.61. The van der Waals surface area contributed by atoms with E-state index in [0.29, 0.717) is 33.6 Å². The monoisotopic (exact) mass is 408 g/mol. The first-order valence-corrected chi connectivity index (χ1v) is 9.61. The summed E-state index contributed by atoms with van der Waals surface area (Å²) in [5.74, 6) is -0.243. The molecule has 4 rings (SSSR count).